The maximum atomic E-state index is 11.0. The third kappa shape index (κ3) is 5.17. The summed E-state index contributed by atoms with van der Waals surface area (Å²) in [5, 5.41) is 9.00. The van der Waals surface area contributed by atoms with Crippen LogP contribution < -0.4 is 0 Å². The number of aldehydes is 1. The standard InChI is InChI=1S/C19H28O4/c1-18(2,16-11-9-15(10-12-16)17(21)22)19(3,4)23-14-8-6-5-7-13-20/h9-13H,5-8,14H2,1-4H3,(H,21,22). The van der Waals surface area contributed by atoms with Crippen LogP contribution in [0.4, 0.5) is 0 Å². The molecule has 1 aromatic carbocycles. The van der Waals surface area contributed by atoms with E-state index in [4.69, 9.17) is 9.84 Å². The van der Waals surface area contributed by atoms with E-state index in [0.717, 1.165) is 31.1 Å². The van der Waals surface area contributed by atoms with Crippen molar-refractivity contribution < 1.29 is 19.4 Å². The number of carbonyl (C=O) groups is 2. The predicted octanol–water partition coefficient (Wildman–Crippen LogP) is 4.22. The van der Waals surface area contributed by atoms with Crippen LogP contribution in [0.3, 0.4) is 0 Å². The van der Waals surface area contributed by atoms with Gasteiger partial charge in [0, 0.05) is 18.4 Å². The number of benzene rings is 1. The number of hydrogen-bond acceptors (Lipinski definition) is 3. The Labute approximate surface area is 138 Å². The third-order valence-corrected chi connectivity index (χ3v) is 4.79. The molecule has 0 spiro atoms. The maximum absolute atomic E-state index is 11.0. The van der Waals surface area contributed by atoms with Gasteiger partial charge in [-0.05, 0) is 44.4 Å². The monoisotopic (exact) mass is 320 g/mol. The summed E-state index contributed by atoms with van der Waals surface area (Å²) in [6.45, 7) is 8.99. The zero-order valence-corrected chi connectivity index (χ0v) is 14.6. The number of carbonyl (C=O) groups excluding carboxylic acids is 1. The van der Waals surface area contributed by atoms with Crippen molar-refractivity contribution in [2.24, 2.45) is 0 Å². The van der Waals surface area contributed by atoms with E-state index in [-0.39, 0.29) is 11.0 Å². The van der Waals surface area contributed by atoms with Gasteiger partial charge in [0.2, 0.25) is 0 Å². The number of rotatable bonds is 10. The fraction of sp³-hybridized carbons (Fsp3) is 0.579. The third-order valence-electron chi connectivity index (χ3n) is 4.79. The van der Waals surface area contributed by atoms with Crippen LogP contribution in [0.1, 0.15) is 69.3 Å². The molecule has 0 saturated heterocycles. The Hall–Kier alpha value is -1.68. The summed E-state index contributed by atoms with van der Waals surface area (Å²) in [7, 11) is 0. The minimum Gasteiger partial charge on any atom is -0.478 e. The molecule has 23 heavy (non-hydrogen) atoms. The quantitative estimate of drug-likeness (QED) is 0.518. The average molecular weight is 320 g/mol. The highest BCUT2D eigenvalue weighted by Gasteiger charge is 2.39. The first kappa shape index (κ1) is 19.4. The highest BCUT2D eigenvalue weighted by atomic mass is 16.5. The van der Waals surface area contributed by atoms with E-state index in [1.165, 1.54) is 0 Å². The average Bonchev–Trinajstić information content (AvgIpc) is 2.50. The van der Waals surface area contributed by atoms with Crippen molar-refractivity contribution in [3.8, 4) is 0 Å². The van der Waals surface area contributed by atoms with Crippen molar-refractivity contribution in [3.63, 3.8) is 0 Å². The van der Waals surface area contributed by atoms with Crippen molar-refractivity contribution in [1.82, 2.24) is 0 Å². The second-order valence-electron chi connectivity index (χ2n) is 6.88. The zero-order valence-electron chi connectivity index (χ0n) is 14.6. The summed E-state index contributed by atoms with van der Waals surface area (Å²) in [5.74, 6) is -0.916. The van der Waals surface area contributed by atoms with Gasteiger partial charge in [-0.3, -0.25) is 0 Å². The molecule has 0 unspecified atom stereocenters. The number of carboxylic acid groups (broad SMARTS) is 1. The molecule has 4 nitrogen and oxygen atoms in total. The first-order chi connectivity index (χ1) is 10.7. The molecular weight excluding hydrogens is 292 g/mol. The van der Waals surface area contributed by atoms with Gasteiger partial charge in [0.25, 0.3) is 0 Å². The lowest BCUT2D eigenvalue weighted by atomic mass is 9.71. The van der Waals surface area contributed by atoms with Crippen LogP contribution in [-0.4, -0.2) is 29.6 Å². The molecule has 1 rings (SSSR count). The zero-order chi connectivity index (χ0) is 17.5. The number of unbranched alkanes of at least 4 members (excludes halogenated alkanes) is 3. The van der Waals surface area contributed by atoms with Gasteiger partial charge in [-0.2, -0.15) is 0 Å². The summed E-state index contributed by atoms with van der Waals surface area (Å²) < 4.78 is 6.10. The van der Waals surface area contributed by atoms with Gasteiger partial charge >= 0.3 is 5.97 Å². The molecule has 0 saturated carbocycles. The normalized spacial score (nSPS) is 12.2. The maximum Gasteiger partial charge on any atom is 0.335 e. The van der Waals surface area contributed by atoms with Crippen LogP contribution in [0.2, 0.25) is 0 Å². The van der Waals surface area contributed by atoms with Gasteiger partial charge in [-0.15, -0.1) is 0 Å². The topological polar surface area (TPSA) is 63.6 Å². The van der Waals surface area contributed by atoms with Crippen molar-refractivity contribution in [1.29, 1.82) is 0 Å². The van der Waals surface area contributed by atoms with Gasteiger partial charge < -0.3 is 14.6 Å². The van der Waals surface area contributed by atoms with E-state index < -0.39 is 5.97 Å². The van der Waals surface area contributed by atoms with Crippen LogP contribution in [0, 0.1) is 0 Å². The van der Waals surface area contributed by atoms with Gasteiger partial charge in [0.1, 0.15) is 6.29 Å². The molecular formula is C19H28O4. The fourth-order valence-corrected chi connectivity index (χ4v) is 2.39. The van der Waals surface area contributed by atoms with E-state index in [9.17, 15) is 9.59 Å². The van der Waals surface area contributed by atoms with Crippen LogP contribution in [0.5, 0.6) is 0 Å². The molecule has 0 radical (unpaired) electrons. The lowest BCUT2D eigenvalue weighted by Crippen LogP contribution is -2.45. The summed E-state index contributed by atoms with van der Waals surface area (Å²) in [6, 6.07) is 6.99. The molecule has 0 atom stereocenters. The number of ether oxygens (including phenoxy) is 1. The lowest BCUT2D eigenvalue weighted by Gasteiger charge is -2.42. The molecule has 0 aliphatic rings. The molecule has 0 aliphatic heterocycles. The second kappa shape index (κ2) is 8.25. The molecule has 4 heteroatoms. The minimum atomic E-state index is -0.916. The number of carboxylic acids is 1. The summed E-state index contributed by atoms with van der Waals surface area (Å²) >= 11 is 0. The molecule has 1 N–H and O–H groups in total. The fourth-order valence-electron chi connectivity index (χ4n) is 2.39. The van der Waals surface area contributed by atoms with Gasteiger partial charge in [-0.1, -0.05) is 32.4 Å². The number of aromatic carboxylic acids is 1. The molecule has 128 valence electrons. The summed E-state index contributed by atoms with van der Waals surface area (Å²) in [6.07, 6.45) is 4.40. The van der Waals surface area contributed by atoms with Crippen LogP contribution >= 0.6 is 0 Å². The lowest BCUT2D eigenvalue weighted by molar-refractivity contribution is -0.108. The molecule has 1 aromatic rings. The van der Waals surface area contributed by atoms with E-state index in [1.54, 1.807) is 12.1 Å². The van der Waals surface area contributed by atoms with Gasteiger partial charge in [-0.25, -0.2) is 4.79 Å². The van der Waals surface area contributed by atoms with Gasteiger partial charge in [0.05, 0.1) is 11.2 Å². The Morgan fingerprint density at radius 3 is 2.22 bits per heavy atom. The second-order valence-corrected chi connectivity index (χ2v) is 6.88. The minimum absolute atomic E-state index is 0.257. The van der Waals surface area contributed by atoms with Crippen molar-refractivity contribution in [2.75, 3.05) is 6.61 Å². The van der Waals surface area contributed by atoms with E-state index in [2.05, 4.69) is 27.7 Å². The molecule has 0 heterocycles. The van der Waals surface area contributed by atoms with Crippen molar-refractivity contribution >= 4 is 12.3 Å². The highest BCUT2D eigenvalue weighted by Crippen LogP contribution is 2.37. The summed E-state index contributed by atoms with van der Waals surface area (Å²) in [4.78, 5) is 21.2. The predicted molar refractivity (Wildman–Crippen MR) is 91.0 cm³/mol. The number of hydrogen-bond donors (Lipinski definition) is 1. The van der Waals surface area contributed by atoms with Crippen LogP contribution in [0.15, 0.2) is 24.3 Å². The molecule has 0 aliphatic carbocycles. The Morgan fingerprint density at radius 2 is 1.70 bits per heavy atom. The Bertz CT molecular complexity index is 515. The smallest absolute Gasteiger partial charge is 0.335 e. The van der Waals surface area contributed by atoms with Crippen molar-refractivity contribution in [2.45, 2.75) is 64.4 Å². The Morgan fingerprint density at radius 1 is 1.09 bits per heavy atom. The molecule has 0 bridgehead atoms. The van der Waals surface area contributed by atoms with Gasteiger partial charge in [0.15, 0.2) is 0 Å². The SMILES string of the molecule is CC(C)(OCCCCCC=O)C(C)(C)c1ccc(C(=O)O)cc1. The van der Waals surface area contributed by atoms with E-state index in [1.807, 2.05) is 12.1 Å². The highest BCUT2D eigenvalue weighted by molar-refractivity contribution is 5.87. The van der Waals surface area contributed by atoms with E-state index in [0.29, 0.717) is 18.6 Å². The van der Waals surface area contributed by atoms with Crippen LogP contribution in [0.25, 0.3) is 0 Å². The Kier molecular flexibility index (Phi) is 6.95. The summed E-state index contributed by atoms with van der Waals surface area (Å²) in [5.41, 5.74) is 0.696. The Balaban J connectivity index is 2.68. The first-order valence-corrected chi connectivity index (χ1v) is 8.14. The molecule has 0 fully saturated rings. The first-order valence-electron chi connectivity index (χ1n) is 8.14. The van der Waals surface area contributed by atoms with Crippen molar-refractivity contribution in [3.05, 3.63) is 35.4 Å². The van der Waals surface area contributed by atoms with E-state index >= 15 is 0 Å². The molecule has 0 aromatic heterocycles. The largest absolute Gasteiger partial charge is 0.478 e. The molecule has 0 amide bonds. The van der Waals surface area contributed by atoms with Crippen LogP contribution in [-0.2, 0) is 14.9 Å².